The van der Waals surface area contributed by atoms with Gasteiger partial charge in [-0.3, -0.25) is 9.59 Å². The molecule has 0 atom stereocenters. The molecule has 0 bridgehead atoms. The molecule has 70 valence electrons. The van der Waals surface area contributed by atoms with Gasteiger partial charge in [0.05, 0.1) is 6.61 Å². The first-order valence-electron chi connectivity index (χ1n) is 4.07. The van der Waals surface area contributed by atoms with Gasteiger partial charge in [0.25, 0.3) is 0 Å². The third kappa shape index (κ3) is 5.70. The average molecular weight is 173 g/mol. The van der Waals surface area contributed by atoms with E-state index in [1.54, 1.807) is 14.0 Å². The number of rotatable bonds is 5. The molecule has 0 saturated heterocycles. The van der Waals surface area contributed by atoms with E-state index in [0.29, 0.717) is 25.9 Å². The summed E-state index contributed by atoms with van der Waals surface area (Å²) in [5, 5.41) is 2.48. The lowest BCUT2D eigenvalue weighted by molar-refractivity contribution is -0.143. The third-order valence-electron chi connectivity index (χ3n) is 1.37. The zero-order valence-corrected chi connectivity index (χ0v) is 7.55. The Morgan fingerprint density at radius 1 is 1.33 bits per heavy atom. The number of hydrogen-bond acceptors (Lipinski definition) is 3. The first-order chi connectivity index (χ1) is 5.70. The van der Waals surface area contributed by atoms with Gasteiger partial charge in [0, 0.05) is 19.9 Å². The van der Waals surface area contributed by atoms with Crippen LogP contribution in [-0.2, 0) is 14.3 Å². The molecule has 0 unspecified atom stereocenters. The number of amides is 1. The summed E-state index contributed by atoms with van der Waals surface area (Å²) in [5.41, 5.74) is 0. The van der Waals surface area contributed by atoms with E-state index in [0.717, 1.165) is 0 Å². The van der Waals surface area contributed by atoms with Crippen LogP contribution in [0.3, 0.4) is 0 Å². The number of hydrogen-bond donors (Lipinski definition) is 1. The SMILES string of the molecule is CCOC(=O)CCCC(=O)NC. The van der Waals surface area contributed by atoms with E-state index in [4.69, 9.17) is 0 Å². The molecule has 0 aromatic rings. The Hall–Kier alpha value is -1.06. The molecule has 1 N–H and O–H groups in total. The van der Waals surface area contributed by atoms with Gasteiger partial charge in [-0.15, -0.1) is 0 Å². The van der Waals surface area contributed by atoms with Crippen molar-refractivity contribution in [3.8, 4) is 0 Å². The van der Waals surface area contributed by atoms with Crippen LogP contribution in [-0.4, -0.2) is 25.5 Å². The standard InChI is InChI=1S/C8H15NO3/c1-3-12-8(11)6-4-5-7(10)9-2/h3-6H2,1-2H3,(H,9,10). The van der Waals surface area contributed by atoms with Gasteiger partial charge >= 0.3 is 5.97 Å². The average Bonchev–Trinajstić information content (AvgIpc) is 2.04. The highest BCUT2D eigenvalue weighted by atomic mass is 16.5. The lowest BCUT2D eigenvalue weighted by atomic mass is 10.2. The van der Waals surface area contributed by atoms with Gasteiger partial charge in [-0.2, -0.15) is 0 Å². The monoisotopic (exact) mass is 173 g/mol. The fraction of sp³-hybridized carbons (Fsp3) is 0.750. The number of carbonyl (C=O) groups excluding carboxylic acids is 2. The Balaban J connectivity index is 3.30. The fourth-order valence-electron chi connectivity index (χ4n) is 0.751. The van der Waals surface area contributed by atoms with Crippen molar-refractivity contribution < 1.29 is 14.3 Å². The molecule has 0 aliphatic heterocycles. The molecular formula is C8H15NO3. The molecule has 0 radical (unpaired) electrons. The van der Waals surface area contributed by atoms with Crippen LogP contribution in [0.5, 0.6) is 0 Å². The second-order valence-electron chi connectivity index (χ2n) is 2.33. The first-order valence-corrected chi connectivity index (χ1v) is 4.07. The van der Waals surface area contributed by atoms with E-state index in [9.17, 15) is 9.59 Å². The minimum Gasteiger partial charge on any atom is -0.466 e. The summed E-state index contributed by atoms with van der Waals surface area (Å²) in [6.45, 7) is 2.16. The van der Waals surface area contributed by atoms with E-state index in [1.165, 1.54) is 0 Å². The molecule has 0 aromatic carbocycles. The van der Waals surface area contributed by atoms with Crippen LogP contribution in [0.15, 0.2) is 0 Å². The number of ether oxygens (including phenoxy) is 1. The second-order valence-corrected chi connectivity index (χ2v) is 2.33. The Labute approximate surface area is 72.3 Å². The topological polar surface area (TPSA) is 55.4 Å². The van der Waals surface area contributed by atoms with E-state index in [2.05, 4.69) is 10.1 Å². The molecule has 4 heteroatoms. The molecule has 0 aliphatic carbocycles. The van der Waals surface area contributed by atoms with Gasteiger partial charge in [0.1, 0.15) is 0 Å². The van der Waals surface area contributed by atoms with Crippen molar-refractivity contribution in [3.05, 3.63) is 0 Å². The molecule has 12 heavy (non-hydrogen) atoms. The van der Waals surface area contributed by atoms with Gasteiger partial charge < -0.3 is 10.1 Å². The zero-order valence-electron chi connectivity index (χ0n) is 7.55. The predicted octanol–water partition coefficient (Wildman–Crippen LogP) is 0.466. The molecule has 0 aromatic heterocycles. The molecular weight excluding hydrogens is 158 g/mol. The Bertz CT molecular complexity index is 156. The highest BCUT2D eigenvalue weighted by Gasteiger charge is 2.03. The maximum absolute atomic E-state index is 10.8. The molecule has 0 fully saturated rings. The van der Waals surface area contributed by atoms with Gasteiger partial charge in [-0.1, -0.05) is 0 Å². The molecule has 0 aliphatic rings. The second kappa shape index (κ2) is 6.64. The Kier molecular flexibility index (Phi) is 6.05. The van der Waals surface area contributed by atoms with E-state index >= 15 is 0 Å². The van der Waals surface area contributed by atoms with Crippen molar-refractivity contribution in [1.82, 2.24) is 5.32 Å². The summed E-state index contributed by atoms with van der Waals surface area (Å²) >= 11 is 0. The smallest absolute Gasteiger partial charge is 0.305 e. The van der Waals surface area contributed by atoms with Crippen molar-refractivity contribution in [2.75, 3.05) is 13.7 Å². The van der Waals surface area contributed by atoms with Gasteiger partial charge in [-0.05, 0) is 13.3 Å². The van der Waals surface area contributed by atoms with Crippen LogP contribution in [0, 0.1) is 0 Å². The van der Waals surface area contributed by atoms with E-state index in [1.807, 2.05) is 0 Å². The van der Waals surface area contributed by atoms with Crippen LogP contribution in [0.4, 0.5) is 0 Å². The first kappa shape index (κ1) is 10.9. The lowest BCUT2D eigenvalue weighted by Gasteiger charge is -2.00. The number of carbonyl (C=O) groups is 2. The van der Waals surface area contributed by atoms with Gasteiger partial charge in [-0.25, -0.2) is 0 Å². The summed E-state index contributed by atoms with van der Waals surface area (Å²) in [6.07, 6.45) is 1.26. The van der Waals surface area contributed by atoms with E-state index < -0.39 is 0 Å². The van der Waals surface area contributed by atoms with Gasteiger partial charge in [0.15, 0.2) is 0 Å². The van der Waals surface area contributed by atoms with Gasteiger partial charge in [0.2, 0.25) is 5.91 Å². The largest absolute Gasteiger partial charge is 0.466 e. The Morgan fingerprint density at radius 2 is 2.00 bits per heavy atom. The summed E-state index contributed by atoms with van der Waals surface area (Å²) in [4.78, 5) is 21.4. The van der Waals surface area contributed by atoms with Crippen LogP contribution >= 0.6 is 0 Å². The molecule has 1 amide bonds. The van der Waals surface area contributed by atoms with E-state index in [-0.39, 0.29) is 11.9 Å². The zero-order chi connectivity index (χ0) is 9.40. The lowest BCUT2D eigenvalue weighted by Crippen LogP contribution is -2.17. The Morgan fingerprint density at radius 3 is 2.50 bits per heavy atom. The summed E-state index contributed by atoms with van der Waals surface area (Å²) < 4.78 is 4.69. The van der Waals surface area contributed by atoms with Crippen molar-refractivity contribution in [2.45, 2.75) is 26.2 Å². The highest BCUT2D eigenvalue weighted by Crippen LogP contribution is 1.97. The van der Waals surface area contributed by atoms with Crippen LogP contribution in [0.1, 0.15) is 26.2 Å². The molecule has 0 heterocycles. The maximum atomic E-state index is 10.8. The van der Waals surface area contributed by atoms with Crippen molar-refractivity contribution >= 4 is 11.9 Å². The van der Waals surface area contributed by atoms with Crippen LogP contribution in [0.25, 0.3) is 0 Å². The highest BCUT2D eigenvalue weighted by molar-refractivity contribution is 5.76. The predicted molar refractivity (Wildman–Crippen MR) is 44.6 cm³/mol. The quantitative estimate of drug-likeness (QED) is 0.615. The summed E-state index contributed by atoms with van der Waals surface area (Å²) in [7, 11) is 1.58. The summed E-state index contributed by atoms with van der Waals surface area (Å²) in [6, 6.07) is 0. The third-order valence-corrected chi connectivity index (χ3v) is 1.37. The maximum Gasteiger partial charge on any atom is 0.305 e. The normalized spacial score (nSPS) is 9.17. The molecule has 0 spiro atoms. The van der Waals surface area contributed by atoms with Crippen LogP contribution in [0.2, 0.25) is 0 Å². The van der Waals surface area contributed by atoms with Crippen molar-refractivity contribution in [1.29, 1.82) is 0 Å². The molecule has 0 rings (SSSR count). The summed E-state index contributed by atoms with van der Waals surface area (Å²) in [5.74, 6) is -0.277. The van der Waals surface area contributed by atoms with Crippen LogP contribution < -0.4 is 5.32 Å². The molecule has 4 nitrogen and oxygen atoms in total. The van der Waals surface area contributed by atoms with Crippen molar-refractivity contribution in [3.63, 3.8) is 0 Å². The number of nitrogens with one attached hydrogen (secondary N) is 1. The molecule has 0 saturated carbocycles. The minimum absolute atomic E-state index is 0.0423. The van der Waals surface area contributed by atoms with Crippen molar-refractivity contribution in [2.24, 2.45) is 0 Å². The fourth-order valence-corrected chi connectivity index (χ4v) is 0.751. The number of esters is 1. The minimum atomic E-state index is -0.235.